The van der Waals surface area contributed by atoms with E-state index >= 15 is 0 Å². The van der Waals surface area contributed by atoms with Gasteiger partial charge in [0, 0.05) is 0 Å². The third-order valence-corrected chi connectivity index (χ3v) is 4.78. The number of carbonyl (C=O) groups is 1. The molecule has 0 aromatic heterocycles. The molecule has 2 heteroatoms. The Morgan fingerprint density at radius 1 is 1.04 bits per heavy atom. The molecule has 0 spiro atoms. The molecule has 23 heavy (non-hydrogen) atoms. The Balaban J connectivity index is 2.21. The van der Waals surface area contributed by atoms with Crippen LogP contribution >= 0.6 is 0 Å². The number of carboxylic acids is 1. The second kappa shape index (κ2) is 8.71. The fraction of sp³-hybridized carbons (Fsp3) is 0.476. The third-order valence-electron chi connectivity index (χ3n) is 4.78. The molecule has 0 amide bonds. The predicted octanol–water partition coefficient (Wildman–Crippen LogP) is 6.08. The molecule has 0 saturated heterocycles. The molecule has 0 aliphatic carbocycles. The molecule has 0 radical (unpaired) electrons. The molecule has 0 saturated carbocycles. The van der Waals surface area contributed by atoms with Crippen LogP contribution in [-0.2, 0) is 6.42 Å². The van der Waals surface area contributed by atoms with Crippen LogP contribution in [-0.4, -0.2) is 11.1 Å². The van der Waals surface area contributed by atoms with Gasteiger partial charge in [-0.3, -0.25) is 0 Å². The maximum atomic E-state index is 11.8. The monoisotopic (exact) mass is 312 g/mol. The molecule has 1 N–H and O–H groups in total. The molecule has 0 heterocycles. The van der Waals surface area contributed by atoms with Gasteiger partial charge in [-0.25, -0.2) is 4.79 Å². The Kier molecular flexibility index (Phi) is 6.64. The lowest BCUT2D eigenvalue weighted by Gasteiger charge is -2.17. The fourth-order valence-corrected chi connectivity index (χ4v) is 3.36. The van der Waals surface area contributed by atoms with E-state index in [-0.39, 0.29) is 0 Å². The largest absolute Gasteiger partial charge is 0.478 e. The molecule has 2 aromatic carbocycles. The highest BCUT2D eigenvalue weighted by atomic mass is 16.4. The number of benzene rings is 2. The van der Waals surface area contributed by atoms with Crippen LogP contribution in [0.3, 0.4) is 0 Å². The van der Waals surface area contributed by atoms with E-state index in [9.17, 15) is 9.90 Å². The summed E-state index contributed by atoms with van der Waals surface area (Å²) < 4.78 is 0. The molecule has 0 aliphatic heterocycles. The van der Waals surface area contributed by atoms with Crippen molar-refractivity contribution in [2.24, 2.45) is 5.92 Å². The highest BCUT2D eigenvalue weighted by molar-refractivity contribution is 6.05. The van der Waals surface area contributed by atoms with E-state index in [0.717, 1.165) is 29.2 Å². The van der Waals surface area contributed by atoms with Gasteiger partial charge < -0.3 is 5.11 Å². The molecule has 2 aromatic rings. The maximum absolute atomic E-state index is 11.8. The highest BCUT2D eigenvalue weighted by Crippen LogP contribution is 2.27. The van der Waals surface area contributed by atoms with E-state index in [1.54, 1.807) is 0 Å². The summed E-state index contributed by atoms with van der Waals surface area (Å²) in [4.78, 5) is 11.8. The predicted molar refractivity (Wildman–Crippen MR) is 97.2 cm³/mol. The van der Waals surface area contributed by atoms with E-state index in [1.807, 2.05) is 30.3 Å². The first-order valence-corrected chi connectivity index (χ1v) is 8.91. The van der Waals surface area contributed by atoms with E-state index in [1.165, 1.54) is 32.1 Å². The maximum Gasteiger partial charge on any atom is 0.336 e. The van der Waals surface area contributed by atoms with Crippen LogP contribution < -0.4 is 0 Å². The van der Waals surface area contributed by atoms with Crippen molar-refractivity contribution < 1.29 is 9.90 Å². The van der Waals surface area contributed by atoms with Crippen LogP contribution in [0.25, 0.3) is 10.8 Å². The Hall–Kier alpha value is -1.83. The van der Waals surface area contributed by atoms with Gasteiger partial charge in [-0.05, 0) is 28.7 Å². The molecule has 124 valence electrons. The molecular formula is C21H28O2. The lowest BCUT2D eigenvalue weighted by molar-refractivity contribution is 0.0697. The lowest BCUT2D eigenvalue weighted by Crippen LogP contribution is -2.09. The number of aromatic carboxylic acids is 1. The number of fused-ring (bicyclic) bond motifs is 1. The molecule has 1 atom stereocenters. The van der Waals surface area contributed by atoms with E-state index in [0.29, 0.717) is 11.5 Å². The van der Waals surface area contributed by atoms with Crippen molar-refractivity contribution in [1.82, 2.24) is 0 Å². The fourth-order valence-electron chi connectivity index (χ4n) is 3.36. The number of unbranched alkanes of at least 4 members (excludes halogenated alkanes) is 3. The van der Waals surface area contributed by atoms with Crippen LogP contribution in [0.2, 0.25) is 0 Å². The number of carboxylic acid groups (broad SMARTS) is 1. The van der Waals surface area contributed by atoms with Crippen molar-refractivity contribution in [3.05, 3.63) is 47.5 Å². The summed E-state index contributed by atoms with van der Waals surface area (Å²) >= 11 is 0. The van der Waals surface area contributed by atoms with Crippen LogP contribution in [0.4, 0.5) is 0 Å². The van der Waals surface area contributed by atoms with Gasteiger partial charge in [0.25, 0.3) is 0 Å². The van der Waals surface area contributed by atoms with Gasteiger partial charge in [0.15, 0.2) is 0 Å². The molecule has 2 nitrogen and oxygen atoms in total. The zero-order valence-electron chi connectivity index (χ0n) is 14.3. The summed E-state index contributed by atoms with van der Waals surface area (Å²) in [7, 11) is 0. The van der Waals surface area contributed by atoms with E-state index in [4.69, 9.17) is 0 Å². The second-order valence-electron chi connectivity index (χ2n) is 6.45. The average molecular weight is 312 g/mol. The summed E-state index contributed by atoms with van der Waals surface area (Å²) in [6.07, 6.45) is 8.27. The Morgan fingerprint density at radius 2 is 1.83 bits per heavy atom. The van der Waals surface area contributed by atoms with Gasteiger partial charge in [0.05, 0.1) is 5.56 Å². The van der Waals surface area contributed by atoms with E-state index in [2.05, 4.69) is 19.9 Å². The van der Waals surface area contributed by atoms with E-state index < -0.39 is 5.97 Å². The summed E-state index contributed by atoms with van der Waals surface area (Å²) in [5.74, 6) is -0.233. The number of hydrogen-bond acceptors (Lipinski definition) is 1. The van der Waals surface area contributed by atoms with Gasteiger partial charge in [0.1, 0.15) is 0 Å². The quantitative estimate of drug-likeness (QED) is 0.570. The topological polar surface area (TPSA) is 37.3 Å². The van der Waals surface area contributed by atoms with Crippen LogP contribution in [0.1, 0.15) is 68.3 Å². The first kappa shape index (κ1) is 17.5. The Bertz CT molecular complexity index is 645. The van der Waals surface area contributed by atoms with Gasteiger partial charge in [-0.1, -0.05) is 88.8 Å². The number of rotatable bonds is 9. The zero-order valence-corrected chi connectivity index (χ0v) is 14.3. The first-order chi connectivity index (χ1) is 11.2. The molecule has 1 unspecified atom stereocenters. The third kappa shape index (κ3) is 4.57. The smallest absolute Gasteiger partial charge is 0.336 e. The minimum atomic E-state index is -0.808. The van der Waals surface area contributed by atoms with Gasteiger partial charge >= 0.3 is 5.97 Å². The van der Waals surface area contributed by atoms with Crippen molar-refractivity contribution >= 4 is 16.7 Å². The average Bonchev–Trinajstić information content (AvgIpc) is 2.56. The standard InChI is InChI=1S/C21H28O2/c1-3-5-6-7-10-16(4-2)15-18-14-13-17-11-8-9-12-19(17)20(18)21(22)23/h8-9,11-14,16H,3-7,10,15H2,1-2H3,(H,22,23). The van der Waals surface area contributed by atoms with Gasteiger partial charge in [-0.15, -0.1) is 0 Å². The highest BCUT2D eigenvalue weighted by Gasteiger charge is 2.17. The molecule has 0 fully saturated rings. The zero-order chi connectivity index (χ0) is 16.7. The van der Waals surface area contributed by atoms with Gasteiger partial charge in [0.2, 0.25) is 0 Å². The normalized spacial score (nSPS) is 12.4. The van der Waals surface area contributed by atoms with Crippen LogP contribution in [0, 0.1) is 5.92 Å². The second-order valence-corrected chi connectivity index (χ2v) is 6.45. The SMILES string of the molecule is CCCCCCC(CC)Cc1ccc2ccccc2c1C(=O)O. The van der Waals surface area contributed by atoms with Crippen molar-refractivity contribution in [3.63, 3.8) is 0 Å². The first-order valence-electron chi connectivity index (χ1n) is 8.91. The summed E-state index contributed by atoms with van der Waals surface area (Å²) in [5, 5.41) is 11.6. The number of hydrogen-bond donors (Lipinski definition) is 1. The van der Waals surface area contributed by atoms with Crippen molar-refractivity contribution in [2.75, 3.05) is 0 Å². The Labute approximate surface area is 139 Å². The summed E-state index contributed by atoms with van der Waals surface area (Å²) in [6.45, 7) is 4.44. The summed E-state index contributed by atoms with van der Waals surface area (Å²) in [6, 6.07) is 11.8. The molecule has 0 bridgehead atoms. The molecule has 2 rings (SSSR count). The summed E-state index contributed by atoms with van der Waals surface area (Å²) in [5.41, 5.74) is 1.48. The van der Waals surface area contributed by atoms with Gasteiger partial charge in [-0.2, -0.15) is 0 Å². The van der Waals surface area contributed by atoms with Crippen molar-refractivity contribution in [3.8, 4) is 0 Å². The minimum absolute atomic E-state index is 0.495. The molecule has 0 aliphatic rings. The van der Waals surface area contributed by atoms with Crippen LogP contribution in [0.15, 0.2) is 36.4 Å². The molecular weight excluding hydrogens is 284 g/mol. The van der Waals surface area contributed by atoms with Crippen molar-refractivity contribution in [1.29, 1.82) is 0 Å². The van der Waals surface area contributed by atoms with Crippen molar-refractivity contribution in [2.45, 2.75) is 58.8 Å². The Morgan fingerprint density at radius 3 is 2.52 bits per heavy atom. The minimum Gasteiger partial charge on any atom is -0.478 e. The lowest BCUT2D eigenvalue weighted by atomic mass is 9.88. The van der Waals surface area contributed by atoms with Crippen LogP contribution in [0.5, 0.6) is 0 Å².